The monoisotopic (exact) mass is 321 g/mol. The summed E-state index contributed by atoms with van der Waals surface area (Å²) in [7, 11) is 0. The predicted molar refractivity (Wildman–Crippen MR) is 82.5 cm³/mol. The highest BCUT2D eigenvalue weighted by atomic mass is 32.2. The molecule has 0 spiro atoms. The molecule has 0 fully saturated rings. The summed E-state index contributed by atoms with van der Waals surface area (Å²) >= 11 is 1.39. The Morgan fingerprint density at radius 2 is 2.05 bits per heavy atom. The van der Waals surface area contributed by atoms with Crippen LogP contribution in [0.15, 0.2) is 46.2 Å². The Balaban J connectivity index is 2.34. The molecular formula is C16H16FNO3S. The fraction of sp³-hybridized carbons (Fsp3) is 0.188. The molecule has 116 valence electrons. The lowest BCUT2D eigenvalue weighted by molar-refractivity contribution is 0.194. The Hall–Kier alpha value is -2.05. The highest BCUT2D eigenvalue weighted by molar-refractivity contribution is 7.99. The van der Waals surface area contributed by atoms with Crippen molar-refractivity contribution in [1.29, 1.82) is 0 Å². The van der Waals surface area contributed by atoms with E-state index in [-0.39, 0.29) is 13.2 Å². The van der Waals surface area contributed by atoms with Crippen LogP contribution in [0, 0.1) is 12.7 Å². The number of halogens is 1. The standard InChI is InChI=1S/C16H16FNO3S/c1-10-3-2-4-11(8-18-16(20)21)15(10)22-14-6-5-13(17)7-12(14)9-19/h2-7,18-19H,8-9H2,1H3,(H,20,21). The van der Waals surface area contributed by atoms with E-state index < -0.39 is 11.9 Å². The Morgan fingerprint density at radius 1 is 1.27 bits per heavy atom. The molecule has 0 aromatic heterocycles. The summed E-state index contributed by atoms with van der Waals surface area (Å²) in [4.78, 5) is 12.3. The molecule has 3 N–H and O–H groups in total. The number of amides is 1. The third-order valence-electron chi connectivity index (χ3n) is 3.13. The number of benzene rings is 2. The van der Waals surface area contributed by atoms with E-state index in [0.717, 1.165) is 20.9 Å². The third-order valence-corrected chi connectivity index (χ3v) is 4.53. The summed E-state index contributed by atoms with van der Waals surface area (Å²) < 4.78 is 13.2. The lowest BCUT2D eigenvalue weighted by atomic mass is 10.1. The maximum absolute atomic E-state index is 13.2. The van der Waals surface area contributed by atoms with Crippen molar-refractivity contribution in [1.82, 2.24) is 5.32 Å². The molecule has 0 saturated heterocycles. The van der Waals surface area contributed by atoms with Gasteiger partial charge in [-0.3, -0.25) is 0 Å². The molecule has 6 heteroatoms. The minimum absolute atomic E-state index is 0.189. The fourth-order valence-electron chi connectivity index (χ4n) is 2.05. The minimum atomic E-state index is -1.09. The topological polar surface area (TPSA) is 69.6 Å². The molecule has 2 rings (SSSR count). The normalized spacial score (nSPS) is 10.5. The molecule has 4 nitrogen and oxygen atoms in total. The summed E-state index contributed by atoms with van der Waals surface area (Å²) in [5.41, 5.74) is 2.33. The number of aryl methyl sites for hydroxylation is 1. The van der Waals surface area contributed by atoms with Gasteiger partial charge in [0.2, 0.25) is 0 Å². The second kappa shape index (κ2) is 7.29. The number of hydrogen-bond acceptors (Lipinski definition) is 3. The number of nitrogens with one attached hydrogen (secondary N) is 1. The van der Waals surface area contributed by atoms with E-state index in [0.29, 0.717) is 5.56 Å². The Bertz CT molecular complexity index is 691. The van der Waals surface area contributed by atoms with Crippen molar-refractivity contribution in [2.45, 2.75) is 29.9 Å². The zero-order chi connectivity index (χ0) is 16.1. The molecule has 0 aliphatic carbocycles. The van der Waals surface area contributed by atoms with Crippen molar-refractivity contribution in [3.05, 3.63) is 58.9 Å². The van der Waals surface area contributed by atoms with Gasteiger partial charge in [0.1, 0.15) is 5.82 Å². The number of carboxylic acid groups (broad SMARTS) is 1. The molecule has 0 unspecified atom stereocenters. The molecule has 2 aromatic carbocycles. The van der Waals surface area contributed by atoms with E-state index in [1.807, 2.05) is 25.1 Å². The van der Waals surface area contributed by atoms with E-state index in [1.54, 1.807) is 6.07 Å². The Morgan fingerprint density at radius 3 is 2.73 bits per heavy atom. The van der Waals surface area contributed by atoms with Crippen LogP contribution < -0.4 is 5.32 Å². The Labute approximate surface area is 132 Å². The maximum Gasteiger partial charge on any atom is 0.404 e. The van der Waals surface area contributed by atoms with Crippen molar-refractivity contribution < 1.29 is 19.4 Å². The molecule has 0 heterocycles. The Kier molecular flexibility index (Phi) is 5.41. The highest BCUT2D eigenvalue weighted by Crippen LogP contribution is 2.35. The molecule has 0 radical (unpaired) electrons. The predicted octanol–water partition coefficient (Wildman–Crippen LogP) is 3.55. The second-order valence-corrected chi connectivity index (χ2v) is 5.79. The van der Waals surface area contributed by atoms with Gasteiger partial charge < -0.3 is 15.5 Å². The second-order valence-electron chi connectivity index (χ2n) is 4.73. The maximum atomic E-state index is 13.2. The van der Waals surface area contributed by atoms with Crippen LogP contribution in [0.25, 0.3) is 0 Å². The first-order chi connectivity index (χ1) is 10.5. The van der Waals surface area contributed by atoms with Crippen LogP contribution in [-0.4, -0.2) is 16.3 Å². The highest BCUT2D eigenvalue weighted by Gasteiger charge is 2.11. The number of aliphatic hydroxyl groups excluding tert-OH is 1. The van der Waals surface area contributed by atoms with E-state index >= 15 is 0 Å². The van der Waals surface area contributed by atoms with E-state index in [1.165, 1.54) is 23.9 Å². The van der Waals surface area contributed by atoms with E-state index in [4.69, 9.17) is 5.11 Å². The first-order valence-corrected chi connectivity index (χ1v) is 7.45. The third kappa shape index (κ3) is 3.99. The fourth-order valence-corrected chi connectivity index (χ4v) is 3.16. The van der Waals surface area contributed by atoms with Crippen LogP contribution in [0.5, 0.6) is 0 Å². The van der Waals surface area contributed by atoms with Crippen LogP contribution in [0.3, 0.4) is 0 Å². The zero-order valence-electron chi connectivity index (χ0n) is 12.0. The molecule has 22 heavy (non-hydrogen) atoms. The summed E-state index contributed by atoms with van der Waals surface area (Å²) in [6.07, 6.45) is -1.09. The molecule has 2 aromatic rings. The van der Waals surface area contributed by atoms with Crippen molar-refractivity contribution in [3.63, 3.8) is 0 Å². The van der Waals surface area contributed by atoms with E-state index in [9.17, 15) is 14.3 Å². The smallest absolute Gasteiger partial charge is 0.404 e. The van der Waals surface area contributed by atoms with Gasteiger partial charge in [-0.25, -0.2) is 9.18 Å². The molecule has 0 aliphatic rings. The van der Waals surface area contributed by atoms with Crippen LogP contribution >= 0.6 is 11.8 Å². The average molecular weight is 321 g/mol. The molecule has 0 bridgehead atoms. The number of aliphatic hydroxyl groups is 1. The van der Waals surface area contributed by atoms with Gasteiger partial charge in [0.25, 0.3) is 0 Å². The minimum Gasteiger partial charge on any atom is -0.465 e. The van der Waals surface area contributed by atoms with Crippen molar-refractivity contribution in [3.8, 4) is 0 Å². The van der Waals surface area contributed by atoms with Crippen molar-refractivity contribution in [2.24, 2.45) is 0 Å². The summed E-state index contributed by atoms with van der Waals surface area (Å²) in [5.74, 6) is -0.397. The largest absolute Gasteiger partial charge is 0.465 e. The first kappa shape index (κ1) is 16.3. The van der Waals surface area contributed by atoms with Gasteiger partial charge >= 0.3 is 6.09 Å². The summed E-state index contributed by atoms with van der Waals surface area (Å²) in [6, 6.07) is 9.88. The van der Waals surface area contributed by atoms with Crippen LogP contribution in [-0.2, 0) is 13.2 Å². The molecule has 0 atom stereocenters. The SMILES string of the molecule is Cc1cccc(CNC(=O)O)c1Sc1ccc(F)cc1CO. The van der Waals surface area contributed by atoms with Gasteiger partial charge in [0.05, 0.1) is 6.61 Å². The van der Waals surface area contributed by atoms with Gasteiger partial charge in [0.15, 0.2) is 0 Å². The average Bonchev–Trinajstić information content (AvgIpc) is 2.49. The molecule has 0 aliphatic heterocycles. The lowest BCUT2D eigenvalue weighted by Crippen LogP contribution is -2.20. The quantitative estimate of drug-likeness (QED) is 0.788. The number of hydrogen-bond donors (Lipinski definition) is 3. The first-order valence-electron chi connectivity index (χ1n) is 6.63. The van der Waals surface area contributed by atoms with Crippen LogP contribution in [0.1, 0.15) is 16.7 Å². The van der Waals surface area contributed by atoms with Crippen molar-refractivity contribution >= 4 is 17.9 Å². The number of carbonyl (C=O) groups is 1. The molecule has 1 amide bonds. The van der Waals surface area contributed by atoms with Gasteiger partial charge in [0, 0.05) is 16.3 Å². The van der Waals surface area contributed by atoms with Crippen LogP contribution in [0.4, 0.5) is 9.18 Å². The number of rotatable bonds is 5. The van der Waals surface area contributed by atoms with Gasteiger partial charge in [-0.15, -0.1) is 0 Å². The van der Waals surface area contributed by atoms with Gasteiger partial charge in [-0.05, 0) is 41.8 Å². The van der Waals surface area contributed by atoms with Crippen molar-refractivity contribution in [2.75, 3.05) is 0 Å². The van der Waals surface area contributed by atoms with Gasteiger partial charge in [-0.1, -0.05) is 30.0 Å². The molecular weight excluding hydrogens is 305 g/mol. The molecule has 0 saturated carbocycles. The van der Waals surface area contributed by atoms with Crippen LogP contribution in [0.2, 0.25) is 0 Å². The summed E-state index contributed by atoms with van der Waals surface area (Å²) in [5, 5.41) is 20.5. The lowest BCUT2D eigenvalue weighted by Gasteiger charge is -2.14. The summed E-state index contributed by atoms with van der Waals surface area (Å²) in [6.45, 7) is 1.86. The van der Waals surface area contributed by atoms with Gasteiger partial charge in [-0.2, -0.15) is 0 Å². The zero-order valence-corrected chi connectivity index (χ0v) is 12.8. The van der Waals surface area contributed by atoms with E-state index in [2.05, 4.69) is 5.32 Å².